The molecule has 0 fully saturated rings. The molecule has 0 aromatic heterocycles. The molecule has 21 heavy (non-hydrogen) atoms. The maximum atomic E-state index is 10.9. The average Bonchev–Trinajstić information content (AvgIpc) is 2.44. The van der Waals surface area contributed by atoms with Gasteiger partial charge >= 0.3 is 32.2 Å². The Hall–Kier alpha value is 0.193. The van der Waals surface area contributed by atoms with Crippen LogP contribution in [-0.2, 0) is 4.79 Å². The fraction of sp³-hybridized carbons (Fsp3) is 0.929. The van der Waals surface area contributed by atoms with E-state index in [1.807, 2.05) is 13.8 Å². The van der Waals surface area contributed by atoms with Gasteiger partial charge in [0.2, 0.25) is 0 Å². The molecular formula is C14H34BiNO5. The van der Waals surface area contributed by atoms with Crippen LogP contribution in [0.25, 0.3) is 0 Å². The predicted octanol–water partition coefficient (Wildman–Crippen LogP) is -0.600. The van der Waals surface area contributed by atoms with Crippen molar-refractivity contribution in [3.05, 3.63) is 0 Å². The molecule has 0 aliphatic heterocycles. The molecule has 0 aliphatic carbocycles. The molecule has 0 saturated heterocycles. The van der Waals surface area contributed by atoms with Crippen molar-refractivity contribution in [2.75, 3.05) is 19.8 Å². The van der Waals surface area contributed by atoms with Crippen LogP contribution in [0.3, 0.4) is 0 Å². The minimum absolute atomic E-state index is 0. The van der Waals surface area contributed by atoms with E-state index in [9.17, 15) is 4.79 Å². The van der Waals surface area contributed by atoms with E-state index in [0.29, 0.717) is 5.92 Å². The van der Waals surface area contributed by atoms with Crippen LogP contribution in [0.4, 0.5) is 0 Å². The van der Waals surface area contributed by atoms with Crippen LogP contribution in [-0.4, -0.2) is 78.0 Å². The van der Waals surface area contributed by atoms with Crippen LogP contribution >= 0.6 is 0 Å². The fourth-order valence-electron chi connectivity index (χ4n) is 1.19. The first-order valence-electron chi connectivity index (χ1n) is 6.95. The van der Waals surface area contributed by atoms with Gasteiger partial charge in [-0.05, 0) is 32.1 Å². The number of carboxylic acids is 1. The molecule has 1 unspecified atom stereocenters. The van der Waals surface area contributed by atoms with Crippen molar-refractivity contribution in [1.82, 2.24) is 0 Å². The van der Waals surface area contributed by atoms with Crippen LogP contribution < -0.4 is 5.73 Å². The van der Waals surface area contributed by atoms with Crippen molar-refractivity contribution in [1.29, 1.82) is 0 Å². The SMILES string of the molecule is CCC(C)(CCC(C)C)C(=O)O.NC(CO)(CO)CO.[BiH3]. The van der Waals surface area contributed by atoms with Crippen LogP contribution in [0, 0.1) is 11.3 Å². The Kier molecular flexibility index (Phi) is 15.8. The third kappa shape index (κ3) is 11.4. The summed E-state index contributed by atoms with van der Waals surface area (Å²) >= 11 is 0. The molecule has 0 amide bonds. The number of aliphatic hydroxyl groups excluding tert-OH is 3. The topological polar surface area (TPSA) is 124 Å². The van der Waals surface area contributed by atoms with Crippen molar-refractivity contribution < 1.29 is 25.2 Å². The zero-order chi connectivity index (χ0) is 16.4. The number of hydrogen-bond donors (Lipinski definition) is 5. The van der Waals surface area contributed by atoms with E-state index in [4.69, 9.17) is 26.2 Å². The molecule has 0 radical (unpaired) electrons. The molecular weight excluding hydrogens is 471 g/mol. The zero-order valence-corrected chi connectivity index (χ0v) is 19.3. The summed E-state index contributed by atoms with van der Waals surface area (Å²) in [6, 6.07) is 0. The Bertz CT molecular complexity index is 264. The normalized spacial score (nSPS) is 13.8. The summed E-state index contributed by atoms with van der Waals surface area (Å²) in [5.74, 6) is -0.0686. The second-order valence-electron chi connectivity index (χ2n) is 5.99. The van der Waals surface area contributed by atoms with Crippen molar-refractivity contribution >= 4 is 32.2 Å². The molecule has 6 nitrogen and oxygen atoms in total. The summed E-state index contributed by atoms with van der Waals surface area (Å²) in [5, 5.41) is 34.0. The van der Waals surface area contributed by atoms with Crippen molar-refractivity contribution in [3.8, 4) is 0 Å². The molecule has 0 rings (SSSR count). The minimum atomic E-state index is -1.21. The summed E-state index contributed by atoms with van der Waals surface area (Å²) < 4.78 is 0. The second-order valence-corrected chi connectivity index (χ2v) is 5.99. The van der Waals surface area contributed by atoms with E-state index < -0.39 is 36.7 Å². The molecule has 0 aromatic carbocycles. The Morgan fingerprint density at radius 1 is 1.14 bits per heavy atom. The molecule has 7 heteroatoms. The second kappa shape index (κ2) is 12.7. The van der Waals surface area contributed by atoms with Gasteiger partial charge in [0.15, 0.2) is 0 Å². The van der Waals surface area contributed by atoms with E-state index >= 15 is 0 Å². The quantitative estimate of drug-likeness (QED) is 0.281. The van der Waals surface area contributed by atoms with E-state index in [1.165, 1.54) is 0 Å². The van der Waals surface area contributed by atoms with Gasteiger partial charge in [-0.15, -0.1) is 0 Å². The molecule has 130 valence electrons. The number of carbonyl (C=O) groups is 1. The third-order valence-corrected chi connectivity index (χ3v) is 3.51. The average molecular weight is 505 g/mol. The number of hydrogen-bond acceptors (Lipinski definition) is 5. The third-order valence-electron chi connectivity index (χ3n) is 3.51. The van der Waals surface area contributed by atoms with Crippen molar-refractivity contribution in [2.45, 2.75) is 52.5 Å². The van der Waals surface area contributed by atoms with Gasteiger partial charge < -0.3 is 26.2 Å². The van der Waals surface area contributed by atoms with Gasteiger partial charge in [-0.3, -0.25) is 4.79 Å². The Labute approximate surface area is 146 Å². The first-order valence-corrected chi connectivity index (χ1v) is 6.95. The molecule has 0 aromatic rings. The summed E-state index contributed by atoms with van der Waals surface area (Å²) in [7, 11) is 0. The summed E-state index contributed by atoms with van der Waals surface area (Å²) in [6.07, 6.45) is 2.50. The molecule has 0 spiro atoms. The Morgan fingerprint density at radius 2 is 1.52 bits per heavy atom. The van der Waals surface area contributed by atoms with Gasteiger partial charge in [0, 0.05) is 0 Å². The number of aliphatic hydroxyl groups is 3. The van der Waals surface area contributed by atoms with Crippen LogP contribution in [0.5, 0.6) is 0 Å². The van der Waals surface area contributed by atoms with E-state index in [0.717, 1.165) is 19.3 Å². The van der Waals surface area contributed by atoms with Crippen molar-refractivity contribution in [3.63, 3.8) is 0 Å². The standard InChI is InChI=1S/C10H20O2.C4H11NO3.Bi.3H/c1-5-10(4,9(11)12)7-6-8(2)3;5-4(1-6,2-7)3-8;;;;/h8H,5-7H2,1-4H3,(H,11,12);6-8H,1-3,5H2;;;;. The maximum absolute atomic E-state index is 10.9. The summed E-state index contributed by atoms with van der Waals surface area (Å²) in [4.78, 5) is 10.9. The molecule has 0 saturated carbocycles. The Morgan fingerprint density at radius 3 is 1.67 bits per heavy atom. The zero-order valence-electron chi connectivity index (χ0n) is 13.8. The van der Waals surface area contributed by atoms with Gasteiger partial charge in [0.05, 0.1) is 30.8 Å². The van der Waals surface area contributed by atoms with Gasteiger partial charge in [-0.25, -0.2) is 0 Å². The summed E-state index contributed by atoms with van der Waals surface area (Å²) in [5.41, 5.74) is 3.43. The summed E-state index contributed by atoms with van der Waals surface area (Å²) in [6.45, 7) is 6.81. The van der Waals surface area contributed by atoms with Gasteiger partial charge in [0.25, 0.3) is 0 Å². The molecule has 0 aliphatic rings. The Balaban J connectivity index is -0.000000317. The van der Waals surface area contributed by atoms with E-state index in [1.54, 1.807) is 0 Å². The number of rotatable bonds is 8. The molecule has 0 bridgehead atoms. The fourth-order valence-corrected chi connectivity index (χ4v) is 1.19. The van der Waals surface area contributed by atoms with E-state index in [2.05, 4.69) is 13.8 Å². The van der Waals surface area contributed by atoms with Crippen LogP contribution in [0.2, 0.25) is 0 Å². The monoisotopic (exact) mass is 505 g/mol. The van der Waals surface area contributed by atoms with Gasteiger partial charge in [-0.2, -0.15) is 0 Å². The number of aliphatic carboxylic acids is 1. The molecule has 1 atom stereocenters. The first-order chi connectivity index (χ1) is 9.10. The molecule has 0 heterocycles. The van der Waals surface area contributed by atoms with Crippen molar-refractivity contribution in [2.24, 2.45) is 17.1 Å². The first kappa shape index (κ1) is 26.1. The van der Waals surface area contributed by atoms with E-state index in [-0.39, 0.29) is 26.2 Å². The molecule has 6 N–H and O–H groups in total. The number of carboxylic acid groups (broad SMARTS) is 1. The van der Waals surface area contributed by atoms with Crippen LogP contribution in [0.15, 0.2) is 0 Å². The van der Waals surface area contributed by atoms with Gasteiger partial charge in [-0.1, -0.05) is 20.8 Å². The number of nitrogens with two attached hydrogens (primary N) is 1. The predicted molar refractivity (Wildman–Crippen MR) is 88.2 cm³/mol. The van der Waals surface area contributed by atoms with Crippen LogP contribution in [0.1, 0.15) is 47.0 Å². The van der Waals surface area contributed by atoms with Gasteiger partial charge in [0.1, 0.15) is 0 Å².